The van der Waals surface area contributed by atoms with Gasteiger partial charge in [0.25, 0.3) is 0 Å². The molecule has 2 aromatic rings. The van der Waals surface area contributed by atoms with Gasteiger partial charge in [0.1, 0.15) is 5.75 Å². The van der Waals surface area contributed by atoms with Crippen LogP contribution in [-0.4, -0.2) is 12.5 Å². The van der Waals surface area contributed by atoms with Crippen LogP contribution in [0.2, 0.25) is 0 Å². The van der Waals surface area contributed by atoms with Crippen LogP contribution in [0.4, 0.5) is 5.69 Å². The molecule has 0 aliphatic heterocycles. The number of para-hydroxylation sites is 1. The van der Waals surface area contributed by atoms with Gasteiger partial charge in [0.15, 0.2) is 0 Å². The molecule has 0 aromatic heterocycles. The van der Waals surface area contributed by atoms with Gasteiger partial charge in [0.05, 0.1) is 6.61 Å². The van der Waals surface area contributed by atoms with E-state index in [-0.39, 0.29) is 5.91 Å². The second-order valence-electron chi connectivity index (χ2n) is 5.61. The number of carbonyl (C=O) groups is 1. The molecule has 0 heterocycles. The Kier molecular flexibility index (Phi) is 7.09. The standard InChI is InChI=1S/C21H25NO2/c1-3-5-16-24-20-9-7-6-8-18(20)12-15-21(23)22-19-13-10-17(4-2)11-14-19/h6-15H,3-5,16H2,1-2H3,(H,22,23)/b15-12+. The van der Waals surface area contributed by atoms with E-state index in [1.54, 1.807) is 6.08 Å². The van der Waals surface area contributed by atoms with Crippen LogP contribution in [0.25, 0.3) is 6.08 Å². The van der Waals surface area contributed by atoms with Crippen molar-refractivity contribution in [3.8, 4) is 5.75 Å². The third-order valence-electron chi connectivity index (χ3n) is 3.72. The first kappa shape index (κ1) is 17.8. The van der Waals surface area contributed by atoms with E-state index >= 15 is 0 Å². The molecule has 0 aliphatic rings. The molecule has 0 unspecified atom stereocenters. The zero-order chi connectivity index (χ0) is 17.2. The molecule has 0 radical (unpaired) electrons. The minimum Gasteiger partial charge on any atom is -0.493 e. The normalized spacial score (nSPS) is 10.8. The summed E-state index contributed by atoms with van der Waals surface area (Å²) >= 11 is 0. The van der Waals surface area contributed by atoms with Gasteiger partial charge in [-0.05, 0) is 42.7 Å². The summed E-state index contributed by atoms with van der Waals surface area (Å²) < 4.78 is 5.77. The molecule has 24 heavy (non-hydrogen) atoms. The summed E-state index contributed by atoms with van der Waals surface area (Å²) in [7, 11) is 0. The predicted octanol–water partition coefficient (Wildman–Crippen LogP) is 5.08. The van der Waals surface area contributed by atoms with Crippen molar-refractivity contribution in [2.75, 3.05) is 11.9 Å². The monoisotopic (exact) mass is 323 g/mol. The van der Waals surface area contributed by atoms with Crippen LogP contribution < -0.4 is 10.1 Å². The summed E-state index contributed by atoms with van der Waals surface area (Å²) in [4.78, 5) is 12.1. The van der Waals surface area contributed by atoms with Crippen LogP contribution in [0.1, 0.15) is 37.8 Å². The number of benzene rings is 2. The zero-order valence-electron chi connectivity index (χ0n) is 14.4. The number of unbranched alkanes of at least 4 members (excludes halogenated alkanes) is 1. The van der Waals surface area contributed by atoms with Crippen molar-refractivity contribution in [3.63, 3.8) is 0 Å². The fraction of sp³-hybridized carbons (Fsp3) is 0.286. The van der Waals surface area contributed by atoms with E-state index < -0.39 is 0 Å². The molecule has 1 N–H and O–H groups in total. The van der Waals surface area contributed by atoms with E-state index in [1.165, 1.54) is 11.6 Å². The van der Waals surface area contributed by atoms with E-state index in [1.807, 2.05) is 48.5 Å². The molecule has 0 saturated heterocycles. The van der Waals surface area contributed by atoms with Gasteiger partial charge >= 0.3 is 0 Å². The lowest BCUT2D eigenvalue weighted by Crippen LogP contribution is -2.07. The van der Waals surface area contributed by atoms with Crippen LogP contribution in [-0.2, 0) is 11.2 Å². The van der Waals surface area contributed by atoms with Crippen molar-refractivity contribution in [2.24, 2.45) is 0 Å². The second kappa shape index (κ2) is 9.56. The number of amides is 1. The molecule has 2 aromatic carbocycles. The molecular formula is C21H25NO2. The highest BCUT2D eigenvalue weighted by Crippen LogP contribution is 2.20. The number of aryl methyl sites for hydroxylation is 1. The summed E-state index contributed by atoms with van der Waals surface area (Å²) in [6, 6.07) is 15.6. The average Bonchev–Trinajstić information content (AvgIpc) is 2.62. The molecular weight excluding hydrogens is 298 g/mol. The SMILES string of the molecule is CCCCOc1ccccc1/C=C/C(=O)Nc1ccc(CC)cc1. The van der Waals surface area contributed by atoms with E-state index in [9.17, 15) is 4.79 Å². The van der Waals surface area contributed by atoms with E-state index in [2.05, 4.69) is 19.2 Å². The Bertz CT molecular complexity index is 674. The quantitative estimate of drug-likeness (QED) is 0.543. The number of ether oxygens (including phenoxy) is 1. The highest BCUT2D eigenvalue weighted by Gasteiger charge is 2.02. The van der Waals surface area contributed by atoms with Gasteiger partial charge in [-0.25, -0.2) is 0 Å². The molecule has 126 valence electrons. The lowest BCUT2D eigenvalue weighted by molar-refractivity contribution is -0.111. The Morgan fingerprint density at radius 1 is 1.08 bits per heavy atom. The third kappa shape index (κ3) is 5.58. The van der Waals surface area contributed by atoms with Crippen LogP contribution in [0.3, 0.4) is 0 Å². The number of rotatable bonds is 8. The van der Waals surface area contributed by atoms with E-state index in [4.69, 9.17) is 4.74 Å². The van der Waals surface area contributed by atoms with Crippen molar-refractivity contribution in [1.82, 2.24) is 0 Å². The molecule has 0 fully saturated rings. The zero-order valence-corrected chi connectivity index (χ0v) is 14.4. The van der Waals surface area contributed by atoms with Crippen LogP contribution in [0, 0.1) is 0 Å². The predicted molar refractivity (Wildman–Crippen MR) is 100 cm³/mol. The molecule has 3 nitrogen and oxygen atoms in total. The number of hydrogen-bond acceptors (Lipinski definition) is 2. The largest absolute Gasteiger partial charge is 0.493 e. The van der Waals surface area contributed by atoms with Gasteiger partial charge in [-0.2, -0.15) is 0 Å². The second-order valence-corrected chi connectivity index (χ2v) is 5.61. The van der Waals surface area contributed by atoms with Crippen molar-refractivity contribution in [2.45, 2.75) is 33.1 Å². The number of carbonyl (C=O) groups excluding carboxylic acids is 1. The van der Waals surface area contributed by atoms with Crippen LogP contribution in [0.15, 0.2) is 54.6 Å². The van der Waals surface area contributed by atoms with Gasteiger partial charge in [-0.1, -0.05) is 50.6 Å². The number of hydrogen-bond donors (Lipinski definition) is 1. The van der Waals surface area contributed by atoms with E-state index in [0.29, 0.717) is 6.61 Å². The molecule has 0 aliphatic carbocycles. The van der Waals surface area contributed by atoms with Gasteiger partial charge < -0.3 is 10.1 Å². The number of nitrogens with one attached hydrogen (secondary N) is 1. The Morgan fingerprint density at radius 3 is 2.54 bits per heavy atom. The summed E-state index contributed by atoms with van der Waals surface area (Å²) in [6.45, 7) is 4.93. The van der Waals surface area contributed by atoms with E-state index in [0.717, 1.165) is 36.3 Å². The fourth-order valence-electron chi connectivity index (χ4n) is 2.25. The van der Waals surface area contributed by atoms with Crippen molar-refractivity contribution >= 4 is 17.7 Å². The first-order valence-electron chi connectivity index (χ1n) is 8.52. The molecule has 3 heteroatoms. The first-order valence-corrected chi connectivity index (χ1v) is 8.52. The summed E-state index contributed by atoms with van der Waals surface area (Å²) in [5.41, 5.74) is 2.96. The van der Waals surface area contributed by atoms with Crippen LogP contribution in [0.5, 0.6) is 5.75 Å². The molecule has 1 amide bonds. The molecule has 0 saturated carbocycles. The minimum absolute atomic E-state index is 0.150. The molecule has 0 spiro atoms. The van der Waals surface area contributed by atoms with Gasteiger partial charge in [0, 0.05) is 17.3 Å². The lowest BCUT2D eigenvalue weighted by Gasteiger charge is -2.08. The van der Waals surface area contributed by atoms with Gasteiger partial charge in [0.2, 0.25) is 5.91 Å². The van der Waals surface area contributed by atoms with Crippen molar-refractivity contribution < 1.29 is 9.53 Å². The Morgan fingerprint density at radius 2 is 1.83 bits per heavy atom. The maximum absolute atomic E-state index is 12.1. The highest BCUT2D eigenvalue weighted by atomic mass is 16.5. The summed E-state index contributed by atoms with van der Waals surface area (Å²) in [5, 5.41) is 2.87. The third-order valence-corrected chi connectivity index (χ3v) is 3.72. The topological polar surface area (TPSA) is 38.3 Å². The number of anilines is 1. The minimum atomic E-state index is -0.150. The Balaban J connectivity index is 1.97. The van der Waals surface area contributed by atoms with Crippen LogP contribution >= 0.6 is 0 Å². The summed E-state index contributed by atoms with van der Waals surface area (Å²) in [6.07, 6.45) is 6.43. The Labute approximate surface area is 144 Å². The van der Waals surface area contributed by atoms with Gasteiger partial charge in [-0.3, -0.25) is 4.79 Å². The Hall–Kier alpha value is -2.55. The maximum Gasteiger partial charge on any atom is 0.248 e. The van der Waals surface area contributed by atoms with Gasteiger partial charge in [-0.15, -0.1) is 0 Å². The fourth-order valence-corrected chi connectivity index (χ4v) is 2.25. The van der Waals surface area contributed by atoms with Crippen molar-refractivity contribution in [3.05, 3.63) is 65.7 Å². The smallest absolute Gasteiger partial charge is 0.248 e. The molecule has 2 rings (SSSR count). The average molecular weight is 323 g/mol. The van der Waals surface area contributed by atoms with Crippen molar-refractivity contribution in [1.29, 1.82) is 0 Å². The summed E-state index contributed by atoms with van der Waals surface area (Å²) in [5.74, 6) is 0.657. The molecule has 0 bridgehead atoms. The lowest BCUT2D eigenvalue weighted by atomic mass is 10.1. The first-order chi connectivity index (χ1) is 11.7. The maximum atomic E-state index is 12.1. The molecule has 0 atom stereocenters. The highest BCUT2D eigenvalue weighted by molar-refractivity contribution is 6.02.